The van der Waals surface area contributed by atoms with E-state index in [0.29, 0.717) is 19.5 Å². The predicted octanol–water partition coefficient (Wildman–Crippen LogP) is -0.397. The number of hydrogen-bond acceptors (Lipinski definition) is 4. The topological polar surface area (TPSA) is 72.6 Å². The van der Waals surface area contributed by atoms with Crippen LogP contribution < -0.4 is 5.73 Å². The van der Waals surface area contributed by atoms with Gasteiger partial charge >= 0.3 is 5.97 Å². The number of carbonyl (C=O) groups is 2. The van der Waals surface area contributed by atoms with Crippen LogP contribution in [-0.2, 0) is 14.3 Å². The average Bonchev–Trinajstić information content (AvgIpc) is 2.13. The molecule has 0 radical (unpaired) electrons. The molecule has 0 saturated heterocycles. The van der Waals surface area contributed by atoms with E-state index in [1.54, 1.807) is 6.92 Å². The standard InChI is InChI=1S/C9H18N2O3/c1-7(9(13)14-3)6-11(2)5-4-8(10)12/h7H,4-6H2,1-3H3,(H2,10,12). The highest BCUT2D eigenvalue weighted by Crippen LogP contribution is 2.00. The van der Waals surface area contributed by atoms with Crippen LogP contribution >= 0.6 is 0 Å². The molecule has 5 heteroatoms. The number of methoxy groups -OCH3 is 1. The van der Waals surface area contributed by atoms with Gasteiger partial charge in [-0.3, -0.25) is 9.59 Å². The van der Waals surface area contributed by atoms with E-state index in [1.165, 1.54) is 7.11 Å². The molecule has 0 aromatic carbocycles. The van der Waals surface area contributed by atoms with Gasteiger partial charge in [0.25, 0.3) is 0 Å². The molecule has 0 aliphatic carbocycles. The van der Waals surface area contributed by atoms with Crippen LogP contribution in [0, 0.1) is 5.92 Å². The van der Waals surface area contributed by atoms with Gasteiger partial charge < -0.3 is 15.4 Å². The average molecular weight is 202 g/mol. The lowest BCUT2D eigenvalue weighted by Crippen LogP contribution is -2.31. The summed E-state index contributed by atoms with van der Waals surface area (Å²) in [5, 5.41) is 0. The summed E-state index contributed by atoms with van der Waals surface area (Å²) in [6.45, 7) is 2.92. The minimum atomic E-state index is -0.331. The Kier molecular flexibility index (Phi) is 5.87. The lowest BCUT2D eigenvalue weighted by atomic mass is 10.1. The van der Waals surface area contributed by atoms with Crippen molar-refractivity contribution in [3.8, 4) is 0 Å². The third-order valence-electron chi connectivity index (χ3n) is 1.93. The Morgan fingerprint density at radius 2 is 2.07 bits per heavy atom. The maximum absolute atomic E-state index is 11.0. The fourth-order valence-electron chi connectivity index (χ4n) is 1.14. The quantitative estimate of drug-likeness (QED) is 0.595. The van der Waals surface area contributed by atoms with E-state index in [0.717, 1.165) is 0 Å². The van der Waals surface area contributed by atoms with Gasteiger partial charge in [-0.1, -0.05) is 6.92 Å². The summed E-state index contributed by atoms with van der Waals surface area (Å²) in [6.07, 6.45) is 0.310. The van der Waals surface area contributed by atoms with E-state index in [9.17, 15) is 9.59 Å². The number of primary amides is 1. The number of nitrogens with two attached hydrogens (primary N) is 1. The number of carbonyl (C=O) groups excluding carboxylic acids is 2. The molecule has 2 N–H and O–H groups in total. The number of ether oxygens (including phenoxy) is 1. The molecule has 0 bridgehead atoms. The second-order valence-corrected chi connectivity index (χ2v) is 3.40. The van der Waals surface area contributed by atoms with Crippen LogP contribution in [0.1, 0.15) is 13.3 Å². The van der Waals surface area contributed by atoms with Crippen LogP contribution in [0.3, 0.4) is 0 Å². The van der Waals surface area contributed by atoms with Gasteiger partial charge in [0.15, 0.2) is 0 Å². The molecule has 0 fully saturated rings. The van der Waals surface area contributed by atoms with Crippen molar-refractivity contribution in [1.29, 1.82) is 0 Å². The molecule has 1 atom stereocenters. The van der Waals surface area contributed by atoms with Gasteiger partial charge in [-0.15, -0.1) is 0 Å². The number of hydrogen-bond donors (Lipinski definition) is 1. The minimum absolute atomic E-state index is 0.183. The van der Waals surface area contributed by atoms with Gasteiger partial charge in [-0.05, 0) is 7.05 Å². The number of rotatable bonds is 6. The van der Waals surface area contributed by atoms with E-state index in [1.807, 2.05) is 11.9 Å². The fraction of sp³-hybridized carbons (Fsp3) is 0.778. The lowest BCUT2D eigenvalue weighted by molar-refractivity contribution is -0.145. The first-order valence-corrected chi connectivity index (χ1v) is 4.52. The normalized spacial score (nSPS) is 12.6. The molecule has 0 saturated carbocycles. The SMILES string of the molecule is COC(=O)C(C)CN(C)CCC(N)=O. The largest absolute Gasteiger partial charge is 0.469 e. The summed E-state index contributed by atoms with van der Waals surface area (Å²) in [5.41, 5.74) is 5.00. The maximum Gasteiger partial charge on any atom is 0.309 e. The second-order valence-electron chi connectivity index (χ2n) is 3.40. The Bertz CT molecular complexity index is 206. The van der Waals surface area contributed by atoms with Crippen LogP contribution in [0.4, 0.5) is 0 Å². The third kappa shape index (κ3) is 5.53. The molecule has 1 unspecified atom stereocenters. The highest BCUT2D eigenvalue weighted by Gasteiger charge is 2.15. The maximum atomic E-state index is 11.0. The Hall–Kier alpha value is -1.10. The van der Waals surface area contributed by atoms with Crippen LogP contribution in [0.15, 0.2) is 0 Å². The molecular formula is C9H18N2O3. The summed E-state index contributed by atoms with van der Waals surface area (Å²) < 4.78 is 4.58. The minimum Gasteiger partial charge on any atom is -0.469 e. The zero-order chi connectivity index (χ0) is 11.1. The first-order chi connectivity index (χ1) is 6.47. The Morgan fingerprint density at radius 1 is 1.50 bits per heavy atom. The van der Waals surface area contributed by atoms with Gasteiger partial charge in [0.2, 0.25) is 5.91 Å². The van der Waals surface area contributed by atoms with Gasteiger partial charge in [0.1, 0.15) is 0 Å². The summed E-state index contributed by atoms with van der Waals surface area (Å²) in [4.78, 5) is 23.4. The van der Waals surface area contributed by atoms with Crippen LogP contribution in [0.2, 0.25) is 0 Å². The Morgan fingerprint density at radius 3 is 2.50 bits per heavy atom. The van der Waals surface area contributed by atoms with Gasteiger partial charge in [-0.2, -0.15) is 0 Å². The molecule has 0 aromatic rings. The van der Waals surface area contributed by atoms with Gasteiger partial charge in [-0.25, -0.2) is 0 Å². The molecule has 0 rings (SSSR count). The highest BCUT2D eigenvalue weighted by molar-refractivity contribution is 5.74. The predicted molar refractivity (Wildman–Crippen MR) is 52.5 cm³/mol. The van der Waals surface area contributed by atoms with Crippen LogP contribution in [-0.4, -0.2) is 44.0 Å². The van der Waals surface area contributed by atoms with Crippen LogP contribution in [0.25, 0.3) is 0 Å². The summed E-state index contributed by atoms with van der Waals surface area (Å²) in [7, 11) is 3.20. The molecule has 14 heavy (non-hydrogen) atoms. The summed E-state index contributed by atoms with van der Waals surface area (Å²) >= 11 is 0. The lowest BCUT2D eigenvalue weighted by Gasteiger charge is -2.18. The first kappa shape index (κ1) is 12.9. The highest BCUT2D eigenvalue weighted by atomic mass is 16.5. The zero-order valence-electron chi connectivity index (χ0n) is 8.95. The number of amides is 1. The number of nitrogens with zero attached hydrogens (tertiary/aromatic N) is 1. The van der Waals surface area contributed by atoms with Crippen molar-refractivity contribution in [1.82, 2.24) is 4.90 Å². The van der Waals surface area contributed by atoms with E-state index < -0.39 is 0 Å². The van der Waals surface area contributed by atoms with Gasteiger partial charge in [0, 0.05) is 19.5 Å². The van der Waals surface area contributed by atoms with E-state index in [2.05, 4.69) is 4.74 Å². The third-order valence-corrected chi connectivity index (χ3v) is 1.93. The second kappa shape index (κ2) is 6.37. The first-order valence-electron chi connectivity index (χ1n) is 4.52. The van der Waals surface area contributed by atoms with E-state index in [-0.39, 0.29) is 17.8 Å². The summed E-state index contributed by atoms with van der Waals surface area (Å²) in [6, 6.07) is 0. The molecule has 0 spiro atoms. The van der Waals surface area contributed by atoms with Crippen molar-refractivity contribution in [2.24, 2.45) is 11.7 Å². The van der Waals surface area contributed by atoms with Crippen molar-refractivity contribution < 1.29 is 14.3 Å². The van der Waals surface area contributed by atoms with Crippen molar-refractivity contribution in [2.75, 3.05) is 27.2 Å². The van der Waals surface area contributed by atoms with Crippen molar-refractivity contribution in [3.05, 3.63) is 0 Å². The van der Waals surface area contributed by atoms with E-state index in [4.69, 9.17) is 5.73 Å². The van der Waals surface area contributed by atoms with Crippen molar-refractivity contribution in [3.63, 3.8) is 0 Å². The number of esters is 1. The Balaban J connectivity index is 3.76. The van der Waals surface area contributed by atoms with E-state index >= 15 is 0 Å². The van der Waals surface area contributed by atoms with Crippen molar-refractivity contribution in [2.45, 2.75) is 13.3 Å². The zero-order valence-corrected chi connectivity index (χ0v) is 8.95. The fourth-order valence-corrected chi connectivity index (χ4v) is 1.14. The molecule has 5 nitrogen and oxygen atoms in total. The molecule has 1 amide bonds. The molecular weight excluding hydrogens is 184 g/mol. The Labute approximate surface area is 84.2 Å². The molecule has 0 aromatic heterocycles. The van der Waals surface area contributed by atoms with Gasteiger partial charge in [0.05, 0.1) is 13.0 Å². The van der Waals surface area contributed by atoms with Crippen LogP contribution in [0.5, 0.6) is 0 Å². The molecule has 0 aliphatic heterocycles. The molecule has 82 valence electrons. The molecule has 0 heterocycles. The summed E-state index contributed by atoms with van der Waals surface area (Å²) in [5.74, 6) is -0.753. The monoisotopic (exact) mass is 202 g/mol. The van der Waals surface area contributed by atoms with Crippen molar-refractivity contribution >= 4 is 11.9 Å². The smallest absolute Gasteiger partial charge is 0.309 e. The molecule has 0 aliphatic rings.